The molecule has 0 saturated heterocycles. The molecule has 19 heavy (non-hydrogen) atoms. The Balaban J connectivity index is 1.89. The zero-order valence-corrected chi connectivity index (χ0v) is 10.8. The molecule has 0 aliphatic carbocycles. The average Bonchev–Trinajstić information content (AvgIpc) is 2.41. The molecule has 1 heterocycles. The number of ether oxygens (including phenoxy) is 1. The van der Waals surface area contributed by atoms with Gasteiger partial charge in [0.1, 0.15) is 12.4 Å². The Kier molecular flexibility index (Phi) is 4.36. The Morgan fingerprint density at radius 3 is 2.58 bits per heavy atom. The fraction of sp³-hybridized carbons (Fsp3) is 0.267. The van der Waals surface area contributed by atoms with E-state index >= 15 is 0 Å². The van der Waals surface area contributed by atoms with Gasteiger partial charge in [0.15, 0.2) is 0 Å². The molecule has 4 nitrogen and oxygen atoms in total. The van der Waals surface area contributed by atoms with Gasteiger partial charge in [-0.2, -0.15) is 0 Å². The number of nitrogens with zero attached hydrogens (tertiary/aromatic N) is 1. The zero-order chi connectivity index (χ0) is 13.7. The Morgan fingerprint density at radius 2 is 1.95 bits per heavy atom. The van der Waals surface area contributed by atoms with Crippen molar-refractivity contribution in [1.82, 2.24) is 4.57 Å². The summed E-state index contributed by atoms with van der Waals surface area (Å²) >= 11 is 0. The second-order valence-electron chi connectivity index (χ2n) is 4.33. The first-order valence-electron chi connectivity index (χ1n) is 6.23. The molecular formula is C15H17NO3. The van der Waals surface area contributed by atoms with Gasteiger partial charge in [0.2, 0.25) is 0 Å². The van der Waals surface area contributed by atoms with E-state index in [-0.39, 0.29) is 5.56 Å². The average molecular weight is 259 g/mol. The Morgan fingerprint density at radius 1 is 1.21 bits per heavy atom. The summed E-state index contributed by atoms with van der Waals surface area (Å²) < 4.78 is 7.16. The predicted octanol–water partition coefficient (Wildman–Crippen LogP) is 1.98. The topological polar surface area (TPSA) is 51.5 Å². The highest BCUT2D eigenvalue weighted by molar-refractivity contribution is 5.28. The highest BCUT2D eigenvalue weighted by Crippen LogP contribution is 2.17. The molecule has 0 fully saturated rings. The van der Waals surface area contributed by atoms with Crippen LogP contribution in [0, 0.1) is 0 Å². The van der Waals surface area contributed by atoms with Crippen LogP contribution in [0.25, 0.3) is 0 Å². The predicted molar refractivity (Wildman–Crippen MR) is 73.3 cm³/mol. The molecule has 1 unspecified atom stereocenters. The smallest absolute Gasteiger partial charge is 0.250 e. The second-order valence-corrected chi connectivity index (χ2v) is 4.33. The van der Waals surface area contributed by atoms with Crippen molar-refractivity contribution < 1.29 is 9.84 Å². The minimum atomic E-state index is -0.475. The van der Waals surface area contributed by atoms with Crippen LogP contribution in [-0.4, -0.2) is 16.3 Å². The lowest BCUT2D eigenvalue weighted by Crippen LogP contribution is -2.21. The van der Waals surface area contributed by atoms with Gasteiger partial charge in [-0.3, -0.25) is 4.79 Å². The van der Waals surface area contributed by atoms with Gasteiger partial charge in [0.25, 0.3) is 5.56 Å². The summed E-state index contributed by atoms with van der Waals surface area (Å²) in [5.74, 6) is 0.730. The van der Waals surface area contributed by atoms with Crippen molar-refractivity contribution in [3.63, 3.8) is 0 Å². The normalized spacial score (nSPS) is 12.1. The number of pyridine rings is 1. The molecule has 100 valence electrons. The van der Waals surface area contributed by atoms with Gasteiger partial charge in [-0.15, -0.1) is 0 Å². The molecule has 0 amide bonds. The molecule has 1 aromatic carbocycles. The van der Waals surface area contributed by atoms with Crippen LogP contribution in [0.1, 0.15) is 18.6 Å². The van der Waals surface area contributed by atoms with Gasteiger partial charge in [-0.25, -0.2) is 0 Å². The number of hydrogen-bond donors (Lipinski definition) is 1. The van der Waals surface area contributed by atoms with E-state index < -0.39 is 6.10 Å². The quantitative estimate of drug-likeness (QED) is 0.893. The molecule has 0 aliphatic heterocycles. The summed E-state index contributed by atoms with van der Waals surface area (Å²) in [6, 6.07) is 12.3. The van der Waals surface area contributed by atoms with Crippen molar-refractivity contribution in [3.05, 3.63) is 64.6 Å². The molecule has 0 saturated carbocycles. The van der Waals surface area contributed by atoms with Crippen molar-refractivity contribution in [3.8, 4) is 5.75 Å². The van der Waals surface area contributed by atoms with E-state index in [9.17, 15) is 9.90 Å². The van der Waals surface area contributed by atoms with E-state index in [1.807, 2.05) is 30.3 Å². The summed E-state index contributed by atoms with van der Waals surface area (Å²) in [4.78, 5) is 11.5. The molecule has 0 bridgehead atoms. The fourth-order valence-electron chi connectivity index (χ4n) is 1.75. The lowest BCUT2D eigenvalue weighted by molar-refractivity contribution is 0.199. The summed E-state index contributed by atoms with van der Waals surface area (Å²) in [5, 5.41) is 9.39. The highest BCUT2D eigenvalue weighted by atomic mass is 16.5. The van der Waals surface area contributed by atoms with E-state index in [0.717, 1.165) is 11.3 Å². The highest BCUT2D eigenvalue weighted by Gasteiger charge is 2.01. The zero-order valence-electron chi connectivity index (χ0n) is 10.8. The molecule has 0 spiro atoms. The van der Waals surface area contributed by atoms with Crippen LogP contribution in [-0.2, 0) is 6.54 Å². The Labute approximate surface area is 111 Å². The van der Waals surface area contributed by atoms with E-state index in [1.165, 1.54) is 6.07 Å². The first kappa shape index (κ1) is 13.4. The third kappa shape index (κ3) is 3.69. The number of rotatable bonds is 5. The van der Waals surface area contributed by atoms with Crippen molar-refractivity contribution in [1.29, 1.82) is 0 Å². The lowest BCUT2D eigenvalue weighted by atomic mass is 10.1. The summed E-state index contributed by atoms with van der Waals surface area (Å²) in [7, 11) is 0. The fourth-order valence-corrected chi connectivity index (χ4v) is 1.75. The largest absolute Gasteiger partial charge is 0.492 e. The van der Waals surface area contributed by atoms with E-state index in [1.54, 1.807) is 23.8 Å². The summed E-state index contributed by atoms with van der Waals surface area (Å²) in [6.45, 7) is 2.66. The van der Waals surface area contributed by atoms with E-state index in [4.69, 9.17) is 4.74 Å². The Hall–Kier alpha value is -2.07. The van der Waals surface area contributed by atoms with Crippen LogP contribution in [0.4, 0.5) is 0 Å². The number of benzene rings is 1. The van der Waals surface area contributed by atoms with Gasteiger partial charge in [-0.1, -0.05) is 18.2 Å². The third-order valence-corrected chi connectivity index (χ3v) is 2.86. The monoisotopic (exact) mass is 259 g/mol. The van der Waals surface area contributed by atoms with Crippen LogP contribution in [0.15, 0.2) is 53.5 Å². The van der Waals surface area contributed by atoms with Crippen LogP contribution in [0.5, 0.6) is 5.75 Å². The molecule has 2 rings (SSSR count). The van der Waals surface area contributed by atoms with E-state index in [0.29, 0.717) is 13.2 Å². The number of aromatic nitrogens is 1. The molecular weight excluding hydrogens is 242 g/mol. The minimum absolute atomic E-state index is 0.0319. The van der Waals surface area contributed by atoms with Gasteiger partial charge in [0, 0.05) is 12.3 Å². The number of aliphatic hydroxyl groups is 1. The van der Waals surface area contributed by atoms with Crippen molar-refractivity contribution in [2.45, 2.75) is 19.6 Å². The van der Waals surface area contributed by atoms with Crippen molar-refractivity contribution in [2.24, 2.45) is 0 Å². The summed E-state index contributed by atoms with van der Waals surface area (Å²) in [6.07, 6.45) is 1.26. The second kappa shape index (κ2) is 6.20. The molecule has 0 aliphatic rings. The van der Waals surface area contributed by atoms with Crippen molar-refractivity contribution in [2.75, 3.05) is 6.61 Å². The molecule has 1 N–H and O–H groups in total. The number of aliphatic hydroxyl groups excluding tert-OH is 1. The summed E-state index contributed by atoms with van der Waals surface area (Å²) in [5.41, 5.74) is 0.821. The van der Waals surface area contributed by atoms with Gasteiger partial charge >= 0.3 is 0 Å². The molecule has 0 radical (unpaired) electrons. The maximum Gasteiger partial charge on any atom is 0.250 e. The van der Waals surface area contributed by atoms with Crippen LogP contribution < -0.4 is 10.3 Å². The van der Waals surface area contributed by atoms with Gasteiger partial charge in [-0.05, 0) is 30.7 Å². The van der Waals surface area contributed by atoms with Crippen LogP contribution in [0.2, 0.25) is 0 Å². The van der Waals surface area contributed by atoms with Crippen LogP contribution >= 0.6 is 0 Å². The Bertz CT molecular complexity index is 572. The first-order valence-corrected chi connectivity index (χ1v) is 6.23. The van der Waals surface area contributed by atoms with Gasteiger partial charge < -0.3 is 14.4 Å². The molecule has 1 atom stereocenters. The SMILES string of the molecule is CC(O)c1ccc(OCCn2ccccc2=O)cc1. The minimum Gasteiger partial charge on any atom is -0.492 e. The van der Waals surface area contributed by atoms with Gasteiger partial charge in [0.05, 0.1) is 12.6 Å². The number of hydrogen-bond acceptors (Lipinski definition) is 3. The molecule has 1 aromatic heterocycles. The first-order chi connectivity index (χ1) is 9.16. The molecule has 4 heteroatoms. The maximum absolute atomic E-state index is 11.5. The van der Waals surface area contributed by atoms with E-state index in [2.05, 4.69) is 0 Å². The maximum atomic E-state index is 11.5. The lowest BCUT2D eigenvalue weighted by Gasteiger charge is -2.09. The van der Waals surface area contributed by atoms with Crippen LogP contribution in [0.3, 0.4) is 0 Å². The molecule has 2 aromatic rings. The van der Waals surface area contributed by atoms with Crippen molar-refractivity contribution >= 4 is 0 Å². The third-order valence-electron chi connectivity index (χ3n) is 2.86. The standard InChI is InChI=1S/C15H17NO3/c1-12(17)13-5-7-14(8-6-13)19-11-10-16-9-3-2-4-15(16)18/h2-9,12,17H,10-11H2,1H3.